The minimum Gasteiger partial charge on any atom is -0.354 e. The fourth-order valence-corrected chi connectivity index (χ4v) is 2.46. The number of H-pyrrole nitrogens is 1. The Hall–Kier alpha value is -1.90. The Kier molecular flexibility index (Phi) is 4.18. The van der Waals surface area contributed by atoms with Crippen molar-refractivity contribution in [2.45, 2.75) is 13.3 Å². The molecular weight excluding hydrogens is 379 g/mol. The van der Waals surface area contributed by atoms with Gasteiger partial charge in [0, 0.05) is 10.1 Å². The lowest BCUT2D eigenvalue weighted by Crippen LogP contribution is -2.06. The average Bonchev–Trinajstić information content (AvgIpc) is 2.96. The van der Waals surface area contributed by atoms with Gasteiger partial charge in [0.25, 0.3) is 0 Å². The zero-order valence-corrected chi connectivity index (χ0v) is 13.7. The fourth-order valence-electron chi connectivity index (χ4n) is 1.94. The molecular formula is C14H15IN6. The highest BCUT2D eigenvalue weighted by atomic mass is 127. The molecule has 0 saturated heterocycles. The second kappa shape index (κ2) is 6.25. The van der Waals surface area contributed by atoms with Crippen LogP contribution in [0.2, 0.25) is 0 Å². The van der Waals surface area contributed by atoms with Gasteiger partial charge in [-0.15, -0.1) is 0 Å². The summed E-state index contributed by atoms with van der Waals surface area (Å²) in [5, 5.41) is 14.4. The van der Waals surface area contributed by atoms with Crippen LogP contribution in [0.15, 0.2) is 30.5 Å². The number of rotatable bonds is 5. The molecule has 3 rings (SSSR count). The highest BCUT2D eigenvalue weighted by Gasteiger charge is 2.10. The van der Waals surface area contributed by atoms with E-state index in [2.05, 4.69) is 60.3 Å². The van der Waals surface area contributed by atoms with Gasteiger partial charge in [0.05, 0.1) is 17.3 Å². The highest BCUT2D eigenvalue weighted by molar-refractivity contribution is 14.1. The van der Waals surface area contributed by atoms with Crippen LogP contribution in [0.3, 0.4) is 0 Å². The first kappa shape index (κ1) is 14.1. The Labute approximate surface area is 135 Å². The smallest absolute Gasteiger partial charge is 0.226 e. The van der Waals surface area contributed by atoms with Gasteiger partial charge in [0.15, 0.2) is 5.65 Å². The fraction of sp³-hybridized carbons (Fsp3) is 0.214. The maximum absolute atomic E-state index is 4.55. The van der Waals surface area contributed by atoms with Gasteiger partial charge in [-0.25, -0.2) is 0 Å². The molecule has 1 aromatic carbocycles. The number of para-hydroxylation sites is 1. The summed E-state index contributed by atoms with van der Waals surface area (Å²) in [5.41, 5.74) is 1.73. The van der Waals surface area contributed by atoms with Crippen molar-refractivity contribution in [1.82, 2.24) is 20.2 Å². The van der Waals surface area contributed by atoms with E-state index in [1.165, 1.54) is 0 Å². The zero-order valence-electron chi connectivity index (χ0n) is 11.5. The van der Waals surface area contributed by atoms with E-state index in [1.807, 2.05) is 24.3 Å². The van der Waals surface area contributed by atoms with Crippen LogP contribution in [-0.2, 0) is 0 Å². The van der Waals surface area contributed by atoms with Crippen LogP contribution in [0.1, 0.15) is 13.3 Å². The molecule has 2 aromatic heterocycles. The zero-order chi connectivity index (χ0) is 14.7. The Morgan fingerprint density at radius 3 is 2.90 bits per heavy atom. The van der Waals surface area contributed by atoms with E-state index in [0.717, 1.165) is 39.1 Å². The molecule has 0 aliphatic carbocycles. The number of hydrogen-bond donors (Lipinski definition) is 3. The maximum Gasteiger partial charge on any atom is 0.226 e. The number of nitrogens with one attached hydrogen (secondary N) is 3. The monoisotopic (exact) mass is 394 g/mol. The molecule has 0 atom stereocenters. The third-order valence-electron chi connectivity index (χ3n) is 2.97. The predicted molar refractivity (Wildman–Crippen MR) is 92.9 cm³/mol. The van der Waals surface area contributed by atoms with Gasteiger partial charge >= 0.3 is 0 Å². The van der Waals surface area contributed by atoms with Gasteiger partial charge in [0.1, 0.15) is 5.82 Å². The second-order valence-electron chi connectivity index (χ2n) is 4.56. The summed E-state index contributed by atoms with van der Waals surface area (Å²) in [6.45, 7) is 2.94. The van der Waals surface area contributed by atoms with Crippen LogP contribution in [0.25, 0.3) is 11.0 Å². The van der Waals surface area contributed by atoms with Crippen molar-refractivity contribution in [2.75, 3.05) is 17.2 Å². The van der Waals surface area contributed by atoms with Gasteiger partial charge in [-0.1, -0.05) is 19.1 Å². The number of benzene rings is 1. The molecule has 108 valence electrons. The van der Waals surface area contributed by atoms with Gasteiger partial charge in [-0.3, -0.25) is 5.10 Å². The summed E-state index contributed by atoms with van der Waals surface area (Å²) in [6, 6.07) is 8.07. The molecule has 0 aliphatic rings. The molecule has 3 N–H and O–H groups in total. The number of hydrogen-bond acceptors (Lipinski definition) is 5. The van der Waals surface area contributed by atoms with Crippen molar-refractivity contribution < 1.29 is 0 Å². The molecule has 0 radical (unpaired) electrons. The third-order valence-corrected chi connectivity index (χ3v) is 3.91. The number of halogens is 1. The quantitative estimate of drug-likeness (QED) is 0.578. The number of aromatic nitrogens is 4. The molecule has 0 saturated carbocycles. The molecule has 2 heterocycles. The molecule has 3 aromatic rings. The normalized spacial score (nSPS) is 10.8. The third kappa shape index (κ3) is 3.07. The topological polar surface area (TPSA) is 78.5 Å². The van der Waals surface area contributed by atoms with Gasteiger partial charge in [0.2, 0.25) is 5.95 Å². The van der Waals surface area contributed by atoms with Crippen LogP contribution in [0, 0.1) is 3.57 Å². The first-order valence-corrected chi connectivity index (χ1v) is 7.82. The van der Waals surface area contributed by atoms with E-state index < -0.39 is 0 Å². The van der Waals surface area contributed by atoms with E-state index >= 15 is 0 Å². The summed E-state index contributed by atoms with van der Waals surface area (Å²) in [7, 11) is 0. The lowest BCUT2D eigenvalue weighted by atomic mass is 10.3. The molecule has 7 heteroatoms. The number of anilines is 3. The van der Waals surface area contributed by atoms with Crippen LogP contribution < -0.4 is 10.6 Å². The van der Waals surface area contributed by atoms with Gasteiger partial charge in [-0.05, 0) is 41.1 Å². The lowest BCUT2D eigenvalue weighted by molar-refractivity contribution is 0.955. The average molecular weight is 394 g/mol. The Morgan fingerprint density at radius 1 is 1.24 bits per heavy atom. The minimum atomic E-state index is 0.599. The standard InChI is InChI=1S/C14H15IN6/c1-2-7-16-14-19-12(9-8-17-21-13(9)20-14)18-11-6-4-3-5-10(11)15/h3-6,8H,2,7H2,1H3,(H3,16,17,18,19,20,21). The van der Waals surface area contributed by atoms with Crippen LogP contribution in [0.5, 0.6) is 0 Å². The van der Waals surface area contributed by atoms with Crippen molar-refractivity contribution in [3.8, 4) is 0 Å². The molecule has 21 heavy (non-hydrogen) atoms. The van der Waals surface area contributed by atoms with E-state index in [0.29, 0.717) is 5.95 Å². The number of aromatic amines is 1. The maximum atomic E-state index is 4.55. The van der Waals surface area contributed by atoms with Crippen molar-refractivity contribution in [2.24, 2.45) is 0 Å². The number of nitrogens with zero attached hydrogens (tertiary/aromatic N) is 3. The van der Waals surface area contributed by atoms with Crippen LogP contribution in [0.4, 0.5) is 17.5 Å². The molecule has 0 fully saturated rings. The number of fused-ring (bicyclic) bond motifs is 1. The van der Waals surface area contributed by atoms with Crippen LogP contribution >= 0.6 is 22.6 Å². The first-order chi connectivity index (χ1) is 10.3. The minimum absolute atomic E-state index is 0.599. The van der Waals surface area contributed by atoms with Crippen molar-refractivity contribution in [3.05, 3.63) is 34.0 Å². The summed E-state index contributed by atoms with van der Waals surface area (Å²) in [5.74, 6) is 1.35. The Morgan fingerprint density at radius 2 is 2.10 bits per heavy atom. The second-order valence-corrected chi connectivity index (χ2v) is 5.72. The molecule has 6 nitrogen and oxygen atoms in total. The Balaban J connectivity index is 2.00. The molecule has 0 aliphatic heterocycles. The van der Waals surface area contributed by atoms with Crippen molar-refractivity contribution >= 4 is 51.1 Å². The molecule has 0 spiro atoms. The van der Waals surface area contributed by atoms with Gasteiger partial charge < -0.3 is 10.6 Å². The molecule has 0 amide bonds. The van der Waals surface area contributed by atoms with Crippen molar-refractivity contribution in [1.29, 1.82) is 0 Å². The predicted octanol–water partition coefficient (Wildman–Crippen LogP) is 3.52. The van der Waals surface area contributed by atoms with Gasteiger partial charge in [-0.2, -0.15) is 15.1 Å². The summed E-state index contributed by atoms with van der Waals surface area (Å²) >= 11 is 2.30. The van der Waals surface area contributed by atoms with E-state index in [4.69, 9.17) is 0 Å². The van der Waals surface area contributed by atoms with Crippen LogP contribution in [-0.4, -0.2) is 26.7 Å². The van der Waals surface area contributed by atoms with E-state index in [1.54, 1.807) is 6.20 Å². The summed E-state index contributed by atoms with van der Waals surface area (Å²) in [4.78, 5) is 8.97. The lowest BCUT2D eigenvalue weighted by Gasteiger charge is -2.10. The van der Waals surface area contributed by atoms with E-state index in [9.17, 15) is 0 Å². The van der Waals surface area contributed by atoms with E-state index in [-0.39, 0.29) is 0 Å². The SMILES string of the molecule is CCCNc1nc(Nc2ccccc2I)c2cn[nH]c2n1. The van der Waals surface area contributed by atoms with Crippen molar-refractivity contribution in [3.63, 3.8) is 0 Å². The Bertz CT molecular complexity index is 754. The molecule has 0 unspecified atom stereocenters. The molecule has 0 bridgehead atoms. The highest BCUT2D eigenvalue weighted by Crippen LogP contribution is 2.26. The summed E-state index contributed by atoms with van der Waals surface area (Å²) in [6.07, 6.45) is 2.75. The first-order valence-electron chi connectivity index (χ1n) is 6.74. The summed E-state index contributed by atoms with van der Waals surface area (Å²) < 4.78 is 1.13. The largest absolute Gasteiger partial charge is 0.354 e.